The van der Waals surface area contributed by atoms with Gasteiger partial charge < -0.3 is 10.6 Å². The molecular weight excluding hydrogens is 364 g/mol. The lowest BCUT2D eigenvalue weighted by molar-refractivity contribution is 0.273. The molecule has 1 aliphatic heterocycles. The number of rotatable bonds is 5. The number of nitrogens with one attached hydrogen (secondary N) is 3. The Labute approximate surface area is 158 Å². The highest BCUT2D eigenvalue weighted by Crippen LogP contribution is 2.39. The van der Waals surface area contributed by atoms with Crippen molar-refractivity contribution in [3.05, 3.63) is 28.3 Å². The summed E-state index contributed by atoms with van der Waals surface area (Å²) < 4.78 is 26.9. The fourth-order valence-corrected chi connectivity index (χ4v) is 5.55. The number of hydrogen-bond donors (Lipinski definition) is 3. The number of hydrogen-bond acceptors (Lipinski definition) is 6. The number of anilines is 2. The van der Waals surface area contributed by atoms with Crippen LogP contribution in [-0.4, -0.2) is 54.1 Å². The van der Waals surface area contributed by atoms with E-state index in [0.717, 1.165) is 31.4 Å². The molecule has 0 radical (unpaired) electrons. The number of likely N-dealkylation sites (N-methyl/N-ethyl adjacent to an activating group) is 1. The maximum atomic E-state index is 12.7. The number of sulfonamides is 1. The van der Waals surface area contributed by atoms with Crippen LogP contribution in [0.25, 0.3) is 0 Å². The Morgan fingerprint density at radius 3 is 2.33 bits per heavy atom. The number of aryl methyl sites for hydroxylation is 2. The van der Waals surface area contributed by atoms with Crippen molar-refractivity contribution in [3.8, 4) is 0 Å². The molecule has 1 fully saturated rings. The summed E-state index contributed by atoms with van der Waals surface area (Å²) in [5, 5.41) is 14.3. The quantitative estimate of drug-likeness (QED) is 0.709. The summed E-state index contributed by atoms with van der Waals surface area (Å²) in [6.45, 7) is 1.33. The Morgan fingerprint density at radius 1 is 1.07 bits per heavy atom. The van der Waals surface area contributed by atoms with Gasteiger partial charge in [-0.2, -0.15) is 4.31 Å². The zero-order valence-corrected chi connectivity index (χ0v) is 16.2. The van der Waals surface area contributed by atoms with Crippen molar-refractivity contribution in [2.24, 2.45) is 0 Å². The number of fused-ring (bicyclic) bond motifs is 2. The van der Waals surface area contributed by atoms with E-state index in [1.54, 1.807) is 7.05 Å². The van der Waals surface area contributed by atoms with Crippen LogP contribution in [-0.2, 0) is 35.7 Å². The standard InChI is InChI=1S/C18H24N6O2S/c1-24(13-9-19-10-13)27(25,26)18-21-17(22-23-18)20-16-14-6-2-4-11(14)8-12-5-3-7-15(12)16/h8,13,19H,2-7,9-10H2,1H3,(H2,20,21,22,23). The van der Waals surface area contributed by atoms with Crippen LogP contribution >= 0.6 is 0 Å². The van der Waals surface area contributed by atoms with Crippen molar-refractivity contribution in [2.75, 3.05) is 25.5 Å². The molecule has 2 aromatic rings. The van der Waals surface area contributed by atoms with Gasteiger partial charge in [0.1, 0.15) is 0 Å². The summed E-state index contributed by atoms with van der Waals surface area (Å²) in [7, 11) is -2.08. The highest BCUT2D eigenvalue weighted by atomic mass is 32.2. The lowest BCUT2D eigenvalue weighted by Crippen LogP contribution is -2.57. The first kappa shape index (κ1) is 17.2. The second-order valence-electron chi connectivity index (χ2n) is 7.67. The minimum Gasteiger partial charge on any atom is -0.324 e. The molecule has 0 saturated carbocycles. The molecular formula is C18H24N6O2S. The van der Waals surface area contributed by atoms with Crippen molar-refractivity contribution in [1.29, 1.82) is 0 Å². The van der Waals surface area contributed by atoms with E-state index < -0.39 is 10.0 Å². The number of benzene rings is 1. The number of H-pyrrole nitrogens is 1. The average molecular weight is 388 g/mol. The first-order valence-electron chi connectivity index (χ1n) is 9.59. The Hall–Kier alpha value is -1.97. The average Bonchev–Trinajstić information content (AvgIpc) is 3.32. The number of aromatic amines is 1. The van der Waals surface area contributed by atoms with Crippen LogP contribution in [0.4, 0.5) is 11.6 Å². The van der Waals surface area contributed by atoms with Gasteiger partial charge in [0.25, 0.3) is 15.2 Å². The van der Waals surface area contributed by atoms with Gasteiger partial charge in [0.05, 0.1) is 0 Å². The van der Waals surface area contributed by atoms with Gasteiger partial charge in [0.15, 0.2) is 0 Å². The summed E-state index contributed by atoms with van der Waals surface area (Å²) in [5.74, 6) is 0.392. The van der Waals surface area contributed by atoms with Gasteiger partial charge in [0, 0.05) is 31.9 Å². The largest absolute Gasteiger partial charge is 0.324 e. The zero-order chi connectivity index (χ0) is 18.6. The fourth-order valence-electron chi connectivity index (χ4n) is 4.37. The molecule has 2 heterocycles. The highest BCUT2D eigenvalue weighted by molar-refractivity contribution is 7.88. The van der Waals surface area contributed by atoms with Crippen molar-refractivity contribution in [2.45, 2.75) is 49.7 Å². The number of aromatic nitrogens is 3. The lowest BCUT2D eigenvalue weighted by atomic mass is 9.99. The van der Waals surface area contributed by atoms with Gasteiger partial charge in [-0.1, -0.05) is 6.07 Å². The molecule has 5 rings (SSSR count). The molecule has 3 N–H and O–H groups in total. The van der Waals surface area contributed by atoms with Crippen LogP contribution in [0.3, 0.4) is 0 Å². The van der Waals surface area contributed by atoms with Crippen LogP contribution in [0.5, 0.6) is 0 Å². The van der Waals surface area contributed by atoms with Crippen LogP contribution in [0, 0.1) is 0 Å². The molecule has 0 unspecified atom stereocenters. The minimum absolute atomic E-state index is 0.0304. The van der Waals surface area contributed by atoms with Gasteiger partial charge in [-0.25, -0.2) is 8.42 Å². The van der Waals surface area contributed by atoms with Crippen LogP contribution < -0.4 is 10.6 Å². The molecule has 0 atom stereocenters. The predicted octanol–water partition coefficient (Wildman–Crippen LogP) is 1.12. The number of nitrogens with zero attached hydrogens (tertiary/aromatic N) is 3. The molecule has 3 aliphatic rings. The molecule has 0 amide bonds. The molecule has 2 aliphatic carbocycles. The lowest BCUT2D eigenvalue weighted by Gasteiger charge is -2.33. The molecule has 27 heavy (non-hydrogen) atoms. The Balaban J connectivity index is 1.45. The van der Waals surface area contributed by atoms with E-state index in [9.17, 15) is 8.42 Å². The fraction of sp³-hybridized carbons (Fsp3) is 0.556. The normalized spacial score (nSPS) is 19.2. The third-order valence-electron chi connectivity index (χ3n) is 6.08. The Bertz CT molecular complexity index is 963. The molecule has 0 spiro atoms. The van der Waals surface area contributed by atoms with Crippen LogP contribution in [0.2, 0.25) is 0 Å². The summed E-state index contributed by atoms with van der Waals surface area (Å²) in [5.41, 5.74) is 6.67. The highest BCUT2D eigenvalue weighted by Gasteiger charge is 2.34. The molecule has 144 valence electrons. The van der Waals surface area contributed by atoms with E-state index in [1.165, 1.54) is 39.4 Å². The van der Waals surface area contributed by atoms with Crippen molar-refractivity contribution < 1.29 is 8.42 Å². The van der Waals surface area contributed by atoms with E-state index in [1.807, 2.05) is 0 Å². The smallest absolute Gasteiger partial charge is 0.278 e. The Kier molecular flexibility index (Phi) is 3.99. The minimum atomic E-state index is -3.67. The van der Waals surface area contributed by atoms with E-state index in [0.29, 0.717) is 19.0 Å². The zero-order valence-electron chi connectivity index (χ0n) is 15.4. The van der Waals surface area contributed by atoms with Gasteiger partial charge in [-0.05, 0) is 60.8 Å². The van der Waals surface area contributed by atoms with Crippen molar-refractivity contribution in [1.82, 2.24) is 24.8 Å². The third-order valence-corrected chi connectivity index (χ3v) is 7.81. The summed E-state index contributed by atoms with van der Waals surface area (Å²) in [6, 6.07) is 2.34. The van der Waals surface area contributed by atoms with Gasteiger partial charge >= 0.3 is 0 Å². The van der Waals surface area contributed by atoms with E-state index in [-0.39, 0.29) is 11.2 Å². The van der Waals surface area contributed by atoms with E-state index >= 15 is 0 Å². The van der Waals surface area contributed by atoms with Gasteiger partial charge in [-0.15, -0.1) is 10.2 Å². The first-order valence-corrected chi connectivity index (χ1v) is 11.0. The van der Waals surface area contributed by atoms with Crippen molar-refractivity contribution >= 4 is 21.7 Å². The summed E-state index contributed by atoms with van der Waals surface area (Å²) in [4.78, 5) is 2.88. The molecule has 8 nitrogen and oxygen atoms in total. The topological polar surface area (TPSA) is 103 Å². The Morgan fingerprint density at radius 2 is 1.74 bits per heavy atom. The maximum absolute atomic E-state index is 12.7. The molecule has 1 aromatic carbocycles. The van der Waals surface area contributed by atoms with Crippen molar-refractivity contribution in [3.63, 3.8) is 0 Å². The van der Waals surface area contributed by atoms with E-state index in [4.69, 9.17) is 0 Å². The molecule has 1 saturated heterocycles. The monoisotopic (exact) mass is 388 g/mol. The summed E-state index contributed by atoms with van der Waals surface area (Å²) in [6.07, 6.45) is 6.69. The summed E-state index contributed by atoms with van der Waals surface area (Å²) >= 11 is 0. The van der Waals surface area contributed by atoms with Crippen LogP contribution in [0.1, 0.15) is 35.1 Å². The predicted molar refractivity (Wildman–Crippen MR) is 102 cm³/mol. The third kappa shape index (κ3) is 2.76. The van der Waals surface area contributed by atoms with Crippen LogP contribution in [0.15, 0.2) is 11.2 Å². The molecule has 1 aromatic heterocycles. The van der Waals surface area contributed by atoms with Gasteiger partial charge in [0.2, 0.25) is 5.95 Å². The molecule has 9 heteroatoms. The molecule has 0 bridgehead atoms. The SMILES string of the molecule is CN(C1CNC1)S(=O)(=O)c1nnc(Nc2c3c(cc4c2CCC4)CCC3)[nH]1. The first-order chi connectivity index (χ1) is 13.0. The second-order valence-corrected chi connectivity index (χ2v) is 9.58. The van der Waals surface area contributed by atoms with E-state index in [2.05, 4.69) is 31.9 Å². The second kappa shape index (κ2) is 6.29. The van der Waals surface area contributed by atoms with Gasteiger partial charge in [-0.3, -0.25) is 4.98 Å². The maximum Gasteiger partial charge on any atom is 0.278 e.